The first kappa shape index (κ1) is 18.3. The van der Waals surface area contributed by atoms with Gasteiger partial charge in [-0.05, 0) is 33.6 Å². The van der Waals surface area contributed by atoms with Crippen molar-refractivity contribution in [3.63, 3.8) is 0 Å². The van der Waals surface area contributed by atoms with Crippen molar-refractivity contribution in [2.45, 2.75) is 44.8 Å². The van der Waals surface area contributed by atoms with E-state index < -0.39 is 23.4 Å². The van der Waals surface area contributed by atoms with E-state index in [1.165, 1.54) is 11.0 Å². The van der Waals surface area contributed by atoms with Gasteiger partial charge in [0.25, 0.3) is 0 Å². The smallest absolute Gasteiger partial charge is 0.410 e. The van der Waals surface area contributed by atoms with E-state index in [1.807, 2.05) is 0 Å². The molecule has 7 nitrogen and oxygen atoms in total. The number of nitrogens with one attached hydrogen (secondary N) is 1. The average molecular weight is 314 g/mol. The van der Waals surface area contributed by atoms with Crippen molar-refractivity contribution in [2.24, 2.45) is 0 Å². The first-order chi connectivity index (χ1) is 10.2. The van der Waals surface area contributed by atoms with Gasteiger partial charge >= 0.3 is 12.2 Å². The van der Waals surface area contributed by atoms with Gasteiger partial charge in [-0.25, -0.2) is 9.59 Å². The summed E-state index contributed by atoms with van der Waals surface area (Å²) in [6.07, 6.45) is 1.51. The van der Waals surface area contributed by atoms with E-state index in [-0.39, 0.29) is 19.7 Å². The highest BCUT2D eigenvalue weighted by molar-refractivity contribution is 5.69. The Kier molecular flexibility index (Phi) is 6.22. The summed E-state index contributed by atoms with van der Waals surface area (Å²) in [5.74, 6) is 0. The molecule has 0 bridgehead atoms. The number of hydrogen-bond donors (Lipinski definition) is 2. The summed E-state index contributed by atoms with van der Waals surface area (Å²) in [6, 6.07) is 0. The molecule has 1 aliphatic rings. The Bertz CT molecular complexity index is 419. The van der Waals surface area contributed by atoms with Crippen LogP contribution in [-0.4, -0.2) is 59.6 Å². The second kappa shape index (κ2) is 7.49. The Hall–Kier alpha value is -1.76. The number of likely N-dealkylation sites (tertiary alicyclic amines) is 1. The van der Waals surface area contributed by atoms with E-state index in [0.29, 0.717) is 19.4 Å². The lowest BCUT2D eigenvalue weighted by molar-refractivity contribution is -0.0412. The number of carbonyl (C=O) groups is 2. The maximum Gasteiger partial charge on any atom is 0.410 e. The summed E-state index contributed by atoms with van der Waals surface area (Å²) in [7, 11) is 0. The molecule has 1 saturated heterocycles. The largest absolute Gasteiger partial charge is 0.445 e. The molecule has 0 spiro atoms. The van der Waals surface area contributed by atoms with Crippen molar-refractivity contribution >= 4 is 12.2 Å². The van der Waals surface area contributed by atoms with Crippen molar-refractivity contribution in [3.05, 3.63) is 12.7 Å². The molecule has 0 aromatic rings. The number of nitrogens with zero attached hydrogens (tertiary/aromatic N) is 1. The van der Waals surface area contributed by atoms with Crippen LogP contribution in [0.1, 0.15) is 33.6 Å². The SMILES string of the molecule is C=CCOC(=O)NCC1(O)CCCN(C(=O)OC(C)(C)C)C1. The van der Waals surface area contributed by atoms with Crippen LogP contribution in [0.15, 0.2) is 12.7 Å². The molecule has 1 heterocycles. The number of aliphatic hydroxyl groups is 1. The molecule has 7 heteroatoms. The molecule has 1 atom stereocenters. The zero-order chi connectivity index (χ0) is 16.8. The summed E-state index contributed by atoms with van der Waals surface area (Å²) in [5, 5.41) is 13.0. The highest BCUT2D eigenvalue weighted by Crippen LogP contribution is 2.22. The predicted molar refractivity (Wildman–Crippen MR) is 81.5 cm³/mol. The Morgan fingerprint density at radius 3 is 2.73 bits per heavy atom. The third-order valence-corrected chi connectivity index (χ3v) is 3.10. The van der Waals surface area contributed by atoms with Crippen molar-refractivity contribution in [1.29, 1.82) is 0 Å². The Morgan fingerprint density at radius 1 is 1.45 bits per heavy atom. The highest BCUT2D eigenvalue weighted by atomic mass is 16.6. The van der Waals surface area contributed by atoms with E-state index in [2.05, 4.69) is 11.9 Å². The molecule has 0 saturated carbocycles. The maximum atomic E-state index is 12.1. The number of β-amino-alcohol motifs (C(OH)–C–C–N with tert-alkyl or cyclic N) is 1. The molecule has 0 aromatic carbocycles. The van der Waals surface area contributed by atoms with Crippen LogP contribution >= 0.6 is 0 Å². The van der Waals surface area contributed by atoms with Crippen LogP contribution in [-0.2, 0) is 9.47 Å². The van der Waals surface area contributed by atoms with Crippen LogP contribution < -0.4 is 5.32 Å². The summed E-state index contributed by atoms with van der Waals surface area (Å²) >= 11 is 0. The first-order valence-electron chi connectivity index (χ1n) is 7.37. The lowest BCUT2D eigenvalue weighted by Gasteiger charge is -2.39. The standard InChI is InChI=1S/C15H26N2O5/c1-5-9-21-12(18)16-10-15(20)7-6-8-17(11-15)13(19)22-14(2,3)4/h5,20H,1,6-11H2,2-4H3,(H,16,18). The second-order valence-electron chi connectivity index (χ2n) is 6.47. The van der Waals surface area contributed by atoms with E-state index in [0.717, 1.165) is 0 Å². The minimum atomic E-state index is -1.18. The normalized spacial score (nSPS) is 21.9. The molecule has 126 valence electrons. The van der Waals surface area contributed by atoms with Gasteiger partial charge in [0.1, 0.15) is 12.2 Å². The van der Waals surface area contributed by atoms with E-state index in [4.69, 9.17) is 9.47 Å². The fourth-order valence-electron chi connectivity index (χ4n) is 2.16. The fraction of sp³-hybridized carbons (Fsp3) is 0.733. The average Bonchev–Trinajstić information content (AvgIpc) is 2.41. The van der Waals surface area contributed by atoms with Crippen LogP contribution in [0.3, 0.4) is 0 Å². The molecule has 1 unspecified atom stereocenters. The monoisotopic (exact) mass is 314 g/mol. The third kappa shape index (κ3) is 6.34. The zero-order valence-corrected chi connectivity index (χ0v) is 13.6. The predicted octanol–water partition coefficient (Wildman–Crippen LogP) is 1.66. The zero-order valence-electron chi connectivity index (χ0n) is 13.6. The number of rotatable bonds is 4. The van der Waals surface area contributed by atoms with Gasteiger partial charge in [0.15, 0.2) is 0 Å². The molecule has 2 N–H and O–H groups in total. The van der Waals surface area contributed by atoms with E-state index in [9.17, 15) is 14.7 Å². The van der Waals surface area contributed by atoms with Gasteiger partial charge in [0.2, 0.25) is 0 Å². The van der Waals surface area contributed by atoms with Gasteiger partial charge in [-0.15, -0.1) is 0 Å². The number of hydrogen-bond acceptors (Lipinski definition) is 5. The van der Waals surface area contributed by atoms with Gasteiger partial charge in [-0.1, -0.05) is 12.7 Å². The molecule has 0 aliphatic carbocycles. The number of alkyl carbamates (subject to hydrolysis) is 1. The van der Waals surface area contributed by atoms with Gasteiger partial charge in [-0.2, -0.15) is 0 Å². The van der Waals surface area contributed by atoms with Crippen LogP contribution in [0, 0.1) is 0 Å². The summed E-state index contributed by atoms with van der Waals surface area (Å²) in [6.45, 7) is 9.57. The maximum absolute atomic E-state index is 12.1. The van der Waals surface area contributed by atoms with Crippen molar-refractivity contribution in [1.82, 2.24) is 10.2 Å². The number of amides is 2. The molecule has 0 aromatic heterocycles. The Balaban J connectivity index is 2.51. The Morgan fingerprint density at radius 2 is 2.14 bits per heavy atom. The van der Waals surface area contributed by atoms with Gasteiger partial charge in [0, 0.05) is 6.54 Å². The lowest BCUT2D eigenvalue weighted by atomic mass is 9.93. The molecule has 1 rings (SSSR count). The van der Waals surface area contributed by atoms with Gasteiger partial charge in [-0.3, -0.25) is 0 Å². The summed E-state index contributed by atoms with van der Waals surface area (Å²) in [4.78, 5) is 24.9. The quantitative estimate of drug-likeness (QED) is 0.771. The molecule has 1 fully saturated rings. The van der Waals surface area contributed by atoms with Crippen LogP contribution in [0.4, 0.5) is 9.59 Å². The van der Waals surface area contributed by atoms with Gasteiger partial charge < -0.3 is 24.8 Å². The van der Waals surface area contributed by atoms with Crippen molar-refractivity contribution in [2.75, 3.05) is 26.2 Å². The van der Waals surface area contributed by atoms with Gasteiger partial charge in [0.05, 0.1) is 18.7 Å². The number of carbonyl (C=O) groups excluding carboxylic acids is 2. The Labute approximate surface area is 131 Å². The second-order valence-corrected chi connectivity index (χ2v) is 6.47. The third-order valence-electron chi connectivity index (χ3n) is 3.10. The summed E-state index contributed by atoms with van der Waals surface area (Å²) < 4.78 is 10.1. The van der Waals surface area contributed by atoms with Crippen molar-refractivity contribution < 1.29 is 24.2 Å². The minimum Gasteiger partial charge on any atom is -0.445 e. The van der Waals surface area contributed by atoms with Crippen molar-refractivity contribution in [3.8, 4) is 0 Å². The lowest BCUT2D eigenvalue weighted by Crippen LogP contribution is -2.56. The minimum absolute atomic E-state index is 0.0161. The number of piperidine rings is 1. The molecule has 1 aliphatic heterocycles. The summed E-state index contributed by atoms with van der Waals surface area (Å²) in [5.41, 5.74) is -1.76. The molecular formula is C15H26N2O5. The molecule has 2 amide bonds. The number of ether oxygens (including phenoxy) is 2. The molecule has 22 heavy (non-hydrogen) atoms. The first-order valence-corrected chi connectivity index (χ1v) is 7.37. The fourth-order valence-corrected chi connectivity index (χ4v) is 2.16. The topological polar surface area (TPSA) is 88.1 Å². The molecular weight excluding hydrogens is 288 g/mol. The van der Waals surface area contributed by atoms with E-state index >= 15 is 0 Å². The van der Waals surface area contributed by atoms with Crippen LogP contribution in [0.5, 0.6) is 0 Å². The molecule has 0 radical (unpaired) electrons. The van der Waals surface area contributed by atoms with E-state index in [1.54, 1.807) is 20.8 Å². The van der Waals surface area contributed by atoms with Crippen LogP contribution in [0.25, 0.3) is 0 Å². The highest BCUT2D eigenvalue weighted by Gasteiger charge is 2.37. The van der Waals surface area contributed by atoms with Crippen LogP contribution in [0.2, 0.25) is 0 Å².